The summed E-state index contributed by atoms with van der Waals surface area (Å²) < 4.78 is 79.0. The van der Waals surface area contributed by atoms with Gasteiger partial charge in [-0.3, -0.25) is 19.4 Å². The van der Waals surface area contributed by atoms with Gasteiger partial charge in [-0.05, 0) is 126 Å². The Balaban J connectivity index is 0.000000251. The van der Waals surface area contributed by atoms with Gasteiger partial charge in [0.1, 0.15) is 13.2 Å². The van der Waals surface area contributed by atoms with Crippen molar-refractivity contribution in [1.82, 2.24) is 30.2 Å². The predicted molar refractivity (Wildman–Crippen MR) is 326 cm³/mol. The zero-order chi connectivity index (χ0) is 64.4. The van der Waals surface area contributed by atoms with Crippen LogP contribution in [0.5, 0.6) is 0 Å². The fourth-order valence-electron chi connectivity index (χ4n) is 13.8. The Hall–Kier alpha value is -5.76. The summed E-state index contributed by atoms with van der Waals surface area (Å²) in [6.45, 7) is 30.8. The van der Waals surface area contributed by atoms with Gasteiger partial charge in [0.2, 0.25) is 11.4 Å². The summed E-state index contributed by atoms with van der Waals surface area (Å²) >= 11 is 4.14. The number of ether oxygens (including phenoxy) is 2. The van der Waals surface area contributed by atoms with E-state index in [1.807, 2.05) is 60.0 Å². The van der Waals surface area contributed by atoms with Crippen LogP contribution in [0.25, 0.3) is 9.69 Å². The standard InChI is InChI=1S/C36H49BF2N4O5.C26H35BF2N4O5.ClH2N/c1-33(2,42-17-14-36(38,39)15-18-42)22-27(40-6)31(44)43-16-10-13-26(43)23-46-32(45)41-30(19-24-11-8-7-9-12-24)37-47-29-21-25-20-28(34(25,3)4)35(29,5)48-37;1-25(2,32-14-11-26(28,29)12-15-32)17-21(30-3)23(34)33-13-7-10-20(33)18-38-24(35)31-22(27(36)37)16-19-8-5-4-6-9-19;1-2/h7-9,11-12,22,25-26,28-30H,10,13-21,23H2,1-5H3,(H,41,45);4-6,8-9,17,20,22,36-37H,7,10-16,18H2,1-2H3,(H,31,35);2H2/t25-,26+,28-,29+,30-,35-;20-,22+;/m01./s1. The Morgan fingerprint density at radius 2 is 1.16 bits per heavy atom. The number of likely N-dealkylation sites (tertiary alicyclic amines) is 4. The van der Waals surface area contributed by atoms with E-state index in [1.54, 1.807) is 49.1 Å². The molecule has 5 heterocycles. The zero-order valence-electron chi connectivity index (χ0n) is 51.6. The smallest absolute Gasteiger partial charge is 0.447 e. The van der Waals surface area contributed by atoms with E-state index in [-0.39, 0.29) is 100 Å². The number of amides is 4. The molecular weight excluding hydrogens is 1160 g/mol. The van der Waals surface area contributed by atoms with Crippen LogP contribution in [0.4, 0.5) is 27.2 Å². The SMILES string of the molecule is NCl.[C-]#[N+]C(=CC(C)(C)N1CCC(F)(F)CC1)C(=O)N1CCC[C@@H]1COC(=O)N[C@@H](Cc1ccccc1)B(O)O.[C-]#[N+]C(=CC(C)(C)N1CCC(F)(F)CC1)C(=O)N1CCC[C@@H]1COC(=O)N[C@@H](Cc1ccccc1)B1O[C@@H]2C[C@@H]3C[C@@H](C3(C)C)[C@]2(C)O1. The van der Waals surface area contributed by atoms with Crippen LogP contribution in [0, 0.1) is 30.4 Å². The van der Waals surface area contributed by atoms with Gasteiger partial charge in [-0.25, -0.2) is 42.1 Å². The summed E-state index contributed by atoms with van der Waals surface area (Å²) in [7, 11) is -2.43. The summed E-state index contributed by atoms with van der Waals surface area (Å²) in [4.78, 5) is 66.4. The molecule has 0 spiro atoms. The second-order valence-electron chi connectivity index (χ2n) is 26.2. The predicted octanol–water partition coefficient (Wildman–Crippen LogP) is 8.63. The van der Waals surface area contributed by atoms with Gasteiger partial charge < -0.3 is 49.3 Å². The van der Waals surface area contributed by atoms with E-state index < -0.39 is 84.7 Å². The number of hydrogen-bond donors (Lipinski definition) is 5. The molecule has 480 valence electrons. The molecule has 19 nitrogen and oxygen atoms in total. The van der Waals surface area contributed by atoms with E-state index in [2.05, 4.69) is 58.1 Å². The molecule has 0 aromatic heterocycles. The van der Waals surface area contributed by atoms with Crippen LogP contribution in [-0.4, -0.2) is 179 Å². The average Bonchev–Trinajstić information content (AvgIpc) is 1.34. The summed E-state index contributed by atoms with van der Waals surface area (Å²) in [5.74, 6) is -6.78. The van der Waals surface area contributed by atoms with E-state index in [1.165, 1.54) is 11.0 Å². The van der Waals surface area contributed by atoms with Crippen LogP contribution in [0.2, 0.25) is 0 Å². The molecule has 8 fully saturated rings. The molecule has 26 heteroatoms. The Kier molecular flexibility index (Phi) is 23.3. The monoisotopic (exact) mass is 1250 g/mol. The zero-order valence-corrected chi connectivity index (χ0v) is 52.3. The molecule has 3 saturated carbocycles. The van der Waals surface area contributed by atoms with Gasteiger partial charge in [-0.1, -0.05) is 86.7 Å². The minimum atomic E-state index is -2.69. The topological polar surface area (TPSA) is 217 Å². The lowest BCUT2D eigenvalue weighted by atomic mass is 9.43. The van der Waals surface area contributed by atoms with Crippen molar-refractivity contribution in [3.8, 4) is 0 Å². The number of hydrogen-bond acceptors (Lipinski definition) is 13. The number of alkyl carbamates (subject to hydrolysis) is 2. The Labute approximate surface area is 521 Å². The highest BCUT2D eigenvalue weighted by Gasteiger charge is 2.68. The van der Waals surface area contributed by atoms with E-state index in [0.717, 1.165) is 30.4 Å². The van der Waals surface area contributed by atoms with Crippen molar-refractivity contribution < 1.29 is 65.6 Å². The van der Waals surface area contributed by atoms with E-state index in [9.17, 15) is 46.8 Å². The molecule has 2 bridgehead atoms. The van der Waals surface area contributed by atoms with E-state index in [0.29, 0.717) is 50.6 Å². The first-order valence-corrected chi connectivity index (χ1v) is 30.9. The van der Waals surface area contributed by atoms with Crippen molar-refractivity contribution in [3.05, 3.63) is 118 Å². The first kappa shape index (κ1) is 69.7. The molecule has 8 atom stereocenters. The van der Waals surface area contributed by atoms with Crippen LogP contribution in [-0.2, 0) is 41.2 Å². The molecule has 2 aromatic carbocycles. The van der Waals surface area contributed by atoms with Crippen LogP contribution in [0.1, 0.15) is 124 Å². The number of benzene rings is 2. The maximum absolute atomic E-state index is 13.8. The number of halogens is 5. The second-order valence-corrected chi connectivity index (χ2v) is 26.2. The van der Waals surface area contributed by atoms with Crippen LogP contribution >= 0.6 is 11.8 Å². The molecular formula is C62H86B2ClF4N9O10. The van der Waals surface area contributed by atoms with Gasteiger partial charge >= 0.3 is 26.4 Å². The van der Waals surface area contributed by atoms with Crippen molar-refractivity contribution in [2.75, 3.05) is 52.5 Å². The first-order chi connectivity index (χ1) is 41.5. The Morgan fingerprint density at radius 3 is 1.58 bits per heavy atom. The van der Waals surface area contributed by atoms with Crippen molar-refractivity contribution in [3.63, 3.8) is 0 Å². The van der Waals surface area contributed by atoms with Crippen LogP contribution in [0.15, 0.2) is 84.2 Å². The van der Waals surface area contributed by atoms with Crippen LogP contribution in [0.3, 0.4) is 0 Å². The summed E-state index contributed by atoms with van der Waals surface area (Å²) in [6, 6.07) is 18.1. The van der Waals surface area contributed by atoms with Crippen molar-refractivity contribution in [2.24, 2.45) is 22.5 Å². The molecule has 4 amide bonds. The third kappa shape index (κ3) is 17.2. The van der Waals surface area contributed by atoms with Gasteiger partial charge in [0, 0.05) is 76.0 Å². The number of nitrogens with one attached hydrogen (secondary N) is 2. The molecule has 0 radical (unpaired) electrons. The van der Waals surface area contributed by atoms with Gasteiger partial charge in [0.15, 0.2) is 0 Å². The number of piperidine rings is 2. The number of carbonyl (C=O) groups is 4. The third-order valence-corrected chi connectivity index (χ3v) is 19.2. The van der Waals surface area contributed by atoms with E-state index in [4.69, 9.17) is 31.9 Å². The van der Waals surface area contributed by atoms with Crippen molar-refractivity contribution in [2.45, 2.75) is 184 Å². The largest absolute Gasteiger partial charge is 0.482 e. The molecule has 10 rings (SSSR count). The summed E-state index contributed by atoms with van der Waals surface area (Å²) in [5.41, 5.74) is -0.0608. The number of nitrogens with zero attached hydrogens (tertiary/aromatic N) is 6. The fourth-order valence-corrected chi connectivity index (χ4v) is 13.8. The van der Waals surface area contributed by atoms with Gasteiger partial charge in [-0.15, -0.1) is 0 Å². The van der Waals surface area contributed by atoms with Gasteiger partial charge in [-0.2, -0.15) is 0 Å². The Bertz CT molecular complexity index is 2870. The van der Waals surface area contributed by atoms with Gasteiger partial charge in [0.25, 0.3) is 23.7 Å². The highest BCUT2D eigenvalue weighted by molar-refractivity contribution is 6.48. The molecule has 5 saturated heterocycles. The first-order valence-electron chi connectivity index (χ1n) is 30.5. The van der Waals surface area contributed by atoms with Crippen molar-refractivity contribution in [1.29, 1.82) is 0 Å². The lowest BCUT2D eigenvalue weighted by Crippen LogP contribution is -2.65. The highest BCUT2D eigenvalue weighted by atomic mass is 35.5. The minimum absolute atomic E-state index is 0.0177. The average molecular weight is 1250 g/mol. The molecule has 6 N–H and O–H groups in total. The second kappa shape index (κ2) is 29.5. The Morgan fingerprint density at radius 1 is 0.727 bits per heavy atom. The van der Waals surface area contributed by atoms with Crippen molar-refractivity contribution >= 4 is 50.0 Å². The highest BCUT2D eigenvalue weighted by Crippen LogP contribution is 2.66. The molecule has 5 aliphatic heterocycles. The van der Waals surface area contributed by atoms with E-state index >= 15 is 0 Å². The molecule has 88 heavy (non-hydrogen) atoms. The molecule has 2 aromatic rings. The number of nitrogens with two attached hydrogens (primary N) is 1. The maximum Gasteiger partial charge on any atom is 0.482 e. The number of rotatable bonds is 18. The number of carbonyl (C=O) groups excluding carboxylic acids is 4. The lowest BCUT2D eigenvalue weighted by molar-refractivity contribution is -0.199. The summed E-state index contributed by atoms with van der Waals surface area (Å²) in [6.07, 6.45) is 5.96. The van der Waals surface area contributed by atoms with Crippen LogP contribution < -0.4 is 15.9 Å². The number of alkyl halides is 4. The lowest BCUT2D eigenvalue weighted by Gasteiger charge is -2.64. The fraction of sp³-hybridized carbons (Fsp3) is 0.645. The van der Waals surface area contributed by atoms with Gasteiger partial charge in [0.05, 0.1) is 48.8 Å². The quantitative estimate of drug-likeness (QED) is 0.0311. The normalized spacial score (nSPS) is 26.4. The third-order valence-electron chi connectivity index (χ3n) is 19.2. The molecule has 3 aliphatic carbocycles. The molecule has 8 aliphatic rings. The summed E-state index contributed by atoms with van der Waals surface area (Å²) in [5, 5.41) is 28.8. The minimum Gasteiger partial charge on any atom is -0.447 e. The maximum atomic E-state index is 13.8. The molecule has 0 unspecified atom stereocenters.